The lowest BCUT2D eigenvalue weighted by atomic mass is 10.2. The number of benzene rings is 1. The van der Waals surface area contributed by atoms with Crippen molar-refractivity contribution in [3.63, 3.8) is 0 Å². The molecule has 0 radical (unpaired) electrons. The monoisotopic (exact) mass is 362 g/mol. The van der Waals surface area contributed by atoms with E-state index in [9.17, 15) is 13.2 Å². The van der Waals surface area contributed by atoms with Gasteiger partial charge in [0, 0.05) is 11.0 Å². The molecule has 8 heteroatoms. The SMILES string of the molecule is COc1ccc(Br)cc1S(=O)(=O)N1CCC[C@H]1C(N)=O. The van der Waals surface area contributed by atoms with Crippen LogP contribution in [0.25, 0.3) is 0 Å². The van der Waals surface area contributed by atoms with Gasteiger partial charge in [0.1, 0.15) is 16.7 Å². The minimum atomic E-state index is -3.82. The molecule has 20 heavy (non-hydrogen) atoms. The summed E-state index contributed by atoms with van der Waals surface area (Å²) in [5.74, 6) is -0.386. The molecule has 2 N–H and O–H groups in total. The Labute approximate surface area is 126 Å². The summed E-state index contributed by atoms with van der Waals surface area (Å²) in [5.41, 5.74) is 5.28. The molecular weight excluding hydrogens is 348 g/mol. The highest BCUT2D eigenvalue weighted by atomic mass is 79.9. The van der Waals surface area contributed by atoms with Crippen LogP contribution >= 0.6 is 15.9 Å². The van der Waals surface area contributed by atoms with E-state index in [0.717, 1.165) is 4.31 Å². The fraction of sp³-hybridized carbons (Fsp3) is 0.417. The number of amides is 1. The minimum absolute atomic E-state index is 0.0301. The second-order valence-corrected chi connectivity index (χ2v) is 7.25. The largest absolute Gasteiger partial charge is 0.495 e. The van der Waals surface area contributed by atoms with Gasteiger partial charge in [0.2, 0.25) is 15.9 Å². The first-order chi connectivity index (χ1) is 9.37. The third-order valence-electron chi connectivity index (χ3n) is 3.24. The van der Waals surface area contributed by atoms with E-state index < -0.39 is 22.0 Å². The van der Waals surface area contributed by atoms with Crippen molar-refractivity contribution in [2.24, 2.45) is 5.73 Å². The normalized spacial score (nSPS) is 20.0. The maximum absolute atomic E-state index is 12.7. The topological polar surface area (TPSA) is 89.7 Å². The first kappa shape index (κ1) is 15.3. The number of carbonyl (C=O) groups is 1. The summed E-state index contributed by atoms with van der Waals surface area (Å²) in [5, 5.41) is 0. The molecule has 1 fully saturated rings. The van der Waals surface area contributed by atoms with Gasteiger partial charge in [-0.3, -0.25) is 4.79 Å². The van der Waals surface area contributed by atoms with Crippen LogP contribution < -0.4 is 10.5 Å². The molecule has 0 aromatic heterocycles. The Bertz CT molecular complexity index is 632. The average Bonchev–Trinajstić information content (AvgIpc) is 2.88. The van der Waals surface area contributed by atoms with Crippen molar-refractivity contribution in [3.05, 3.63) is 22.7 Å². The first-order valence-electron chi connectivity index (χ1n) is 6.02. The lowest BCUT2D eigenvalue weighted by Crippen LogP contribution is -2.43. The smallest absolute Gasteiger partial charge is 0.247 e. The van der Waals surface area contributed by atoms with Gasteiger partial charge in [-0.15, -0.1) is 0 Å². The van der Waals surface area contributed by atoms with Crippen LogP contribution in [-0.4, -0.2) is 38.3 Å². The van der Waals surface area contributed by atoms with E-state index in [-0.39, 0.29) is 17.2 Å². The van der Waals surface area contributed by atoms with E-state index in [1.54, 1.807) is 12.1 Å². The summed E-state index contributed by atoms with van der Waals surface area (Å²) in [6.45, 7) is 0.283. The van der Waals surface area contributed by atoms with Crippen LogP contribution in [0, 0.1) is 0 Å². The number of rotatable bonds is 4. The maximum Gasteiger partial charge on any atom is 0.247 e. The molecule has 0 bridgehead atoms. The van der Waals surface area contributed by atoms with Crippen LogP contribution in [-0.2, 0) is 14.8 Å². The van der Waals surface area contributed by atoms with Crippen molar-refractivity contribution in [2.45, 2.75) is 23.8 Å². The Morgan fingerprint density at radius 2 is 2.20 bits per heavy atom. The molecular formula is C12H15BrN2O4S. The van der Waals surface area contributed by atoms with Crippen molar-refractivity contribution in [3.8, 4) is 5.75 Å². The van der Waals surface area contributed by atoms with Crippen molar-refractivity contribution in [2.75, 3.05) is 13.7 Å². The quantitative estimate of drug-likeness (QED) is 0.867. The van der Waals surface area contributed by atoms with Crippen molar-refractivity contribution in [1.29, 1.82) is 0 Å². The molecule has 1 aromatic carbocycles. The molecule has 1 heterocycles. The van der Waals surface area contributed by atoms with Crippen molar-refractivity contribution in [1.82, 2.24) is 4.31 Å². The number of primary amides is 1. The zero-order chi connectivity index (χ0) is 14.9. The predicted molar refractivity (Wildman–Crippen MR) is 76.8 cm³/mol. The molecule has 1 aliphatic rings. The second kappa shape index (κ2) is 5.71. The lowest BCUT2D eigenvalue weighted by molar-refractivity contribution is -0.121. The number of ether oxygens (including phenoxy) is 1. The number of methoxy groups -OCH3 is 1. The average molecular weight is 363 g/mol. The Morgan fingerprint density at radius 3 is 2.80 bits per heavy atom. The van der Waals surface area contributed by atoms with Crippen molar-refractivity contribution >= 4 is 31.9 Å². The van der Waals surface area contributed by atoms with Gasteiger partial charge in [0.15, 0.2) is 0 Å². The molecule has 2 rings (SSSR count). The Hall–Kier alpha value is -1.12. The maximum atomic E-state index is 12.7. The van der Waals surface area contributed by atoms with E-state index >= 15 is 0 Å². The molecule has 110 valence electrons. The molecule has 0 aliphatic carbocycles. The van der Waals surface area contributed by atoms with E-state index in [1.165, 1.54) is 13.2 Å². The summed E-state index contributed by atoms with van der Waals surface area (Å²) < 4.78 is 32.3. The molecule has 1 aliphatic heterocycles. The number of halogens is 1. The third-order valence-corrected chi connectivity index (χ3v) is 5.67. The zero-order valence-electron chi connectivity index (χ0n) is 10.9. The first-order valence-corrected chi connectivity index (χ1v) is 8.26. The van der Waals surface area contributed by atoms with Crippen LogP contribution in [0.4, 0.5) is 0 Å². The fourth-order valence-corrected chi connectivity index (χ4v) is 4.65. The number of sulfonamides is 1. The summed E-state index contributed by atoms with van der Waals surface area (Å²) >= 11 is 3.24. The molecule has 1 saturated heterocycles. The molecule has 0 saturated carbocycles. The Balaban J connectivity index is 2.50. The number of hydrogen-bond donors (Lipinski definition) is 1. The van der Waals surface area contributed by atoms with Crippen LogP contribution in [0.5, 0.6) is 5.75 Å². The van der Waals surface area contributed by atoms with Crippen LogP contribution in [0.15, 0.2) is 27.6 Å². The summed E-state index contributed by atoms with van der Waals surface area (Å²) in [6.07, 6.45) is 1.06. The van der Waals surface area contributed by atoms with Gasteiger partial charge in [-0.05, 0) is 31.0 Å². The highest BCUT2D eigenvalue weighted by molar-refractivity contribution is 9.10. The van der Waals surface area contributed by atoms with Gasteiger partial charge >= 0.3 is 0 Å². The molecule has 6 nitrogen and oxygen atoms in total. The van der Waals surface area contributed by atoms with E-state index in [0.29, 0.717) is 17.3 Å². The van der Waals surface area contributed by atoms with Crippen molar-refractivity contribution < 1.29 is 17.9 Å². The van der Waals surface area contributed by atoms with E-state index in [4.69, 9.17) is 10.5 Å². The second-order valence-electron chi connectivity index (χ2n) is 4.47. The van der Waals surface area contributed by atoms with Gasteiger partial charge in [0.05, 0.1) is 7.11 Å². The zero-order valence-corrected chi connectivity index (χ0v) is 13.3. The molecule has 0 unspecified atom stereocenters. The highest BCUT2D eigenvalue weighted by Gasteiger charge is 2.39. The highest BCUT2D eigenvalue weighted by Crippen LogP contribution is 2.33. The van der Waals surface area contributed by atoms with Gasteiger partial charge < -0.3 is 10.5 Å². The van der Waals surface area contributed by atoms with Gasteiger partial charge in [-0.2, -0.15) is 4.31 Å². The summed E-state index contributed by atoms with van der Waals surface area (Å²) in [4.78, 5) is 11.4. The summed E-state index contributed by atoms with van der Waals surface area (Å²) in [6, 6.07) is 3.92. The van der Waals surface area contributed by atoms with E-state index in [2.05, 4.69) is 15.9 Å². The van der Waals surface area contributed by atoms with Gasteiger partial charge in [0.25, 0.3) is 0 Å². The number of hydrogen-bond acceptors (Lipinski definition) is 4. The number of nitrogens with two attached hydrogens (primary N) is 1. The third kappa shape index (κ3) is 2.68. The fourth-order valence-electron chi connectivity index (χ4n) is 2.29. The molecule has 1 amide bonds. The standard InChI is InChI=1S/C12H15BrN2O4S/c1-19-10-5-4-8(13)7-11(10)20(17,18)15-6-2-3-9(15)12(14)16/h4-5,7,9H,2-3,6H2,1H3,(H2,14,16)/t9-/m0/s1. The Morgan fingerprint density at radius 1 is 1.50 bits per heavy atom. The van der Waals surface area contributed by atoms with Crippen LogP contribution in [0.2, 0.25) is 0 Å². The predicted octanol–water partition coefficient (Wildman–Crippen LogP) is 1.10. The van der Waals surface area contributed by atoms with Gasteiger partial charge in [-0.1, -0.05) is 15.9 Å². The molecule has 0 spiro atoms. The van der Waals surface area contributed by atoms with Gasteiger partial charge in [-0.25, -0.2) is 8.42 Å². The number of nitrogens with zero attached hydrogens (tertiary/aromatic N) is 1. The molecule has 1 aromatic rings. The summed E-state index contributed by atoms with van der Waals surface area (Å²) in [7, 11) is -2.42. The van der Waals surface area contributed by atoms with Crippen LogP contribution in [0.3, 0.4) is 0 Å². The lowest BCUT2D eigenvalue weighted by Gasteiger charge is -2.22. The van der Waals surface area contributed by atoms with E-state index in [1.807, 2.05) is 0 Å². The number of carbonyl (C=O) groups excluding carboxylic acids is 1. The minimum Gasteiger partial charge on any atom is -0.495 e. The Kier molecular flexibility index (Phi) is 4.36. The molecule has 1 atom stereocenters. The van der Waals surface area contributed by atoms with Crippen LogP contribution in [0.1, 0.15) is 12.8 Å².